The lowest BCUT2D eigenvalue weighted by Crippen LogP contribution is -2.41. The molecule has 0 aliphatic carbocycles. The highest BCUT2D eigenvalue weighted by molar-refractivity contribution is 5.97. The first-order valence-corrected chi connectivity index (χ1v) is 8.70. The number of aromatic hydroxyl groups is 1. The fourth-order valence-corrected chi connectivity index (χ4v) is 3.70. The zero-order valence-corrected chi connectivity index (χ0v) is 14.2. The Kier molecular flexibility index (Phi) is 3.92. The molecule has 3 aromatic rings. The zero-order chi connectivity index (χ0) is 17.4. The number of benzene rings is 2. The van der Waals surface area contributed by atoms with Crippen LogP contribution in [0.1, 0.15) is 34.8 Å². The van der Waals surface area contributed by atoms with E-state index >= 15 is 0 Å². The van der Waals surface area contributed by atoms with E-state index in [-0.39, 0.29) is 17.7 Å². The van der Waals surface area contributed by atoms with Crippen LogP contribution in [0.2, 0.25) is 0 Å². The standard InChI is InChI=1S/C20H21N3O2/c1-2-16-9-13-3-5-17(24)10-14(13)7-8-23(16)20(25)15-4-6-18-19(11-15)22-12-21-18/h3-6,10-12,16,24H,2,7-9H2,1H3,(H,21,22). The third-order valence-corrected chi connectivity index (χ3v) is 5.11. The van der Waals surface area contributed by atoms with E-state index in [4.69, 9.17) is 0 Å². The number of phenols is 1. The van der Waals surface area contributed by atoms with E-state index in [1.165, 1.54) is 5.56 Å². The lowest BCUT2D eigenvalue weighted by molar-refractivity contribution is 0.0681. The number of carbonyl (C=O) groups excluding carboxylic acids is 1. The lowest BCUT2D eigenvalue weighted by atomic mass is 9.99. The number of hydrogen-bond acceptors (Lipinski definition) is 3. The van der Waals surface area contributed by atoms with Crippen molar-refractivity contribution in [1.82, 2.24) is 14.9 Å². The fraction of sp³-hybridized carbons (Fsp3) is 0.300. The van der Waals surface area contributed by atoms with Gasteiger partial charge in [0, 0.05) is 18.2 Å². The summed E-state index contributed by atoms with van der Waals surface area (Å²) < 4.78 is 0. The SMILES string of the molecule is CCC1Cc2ccc(O)cc2CCN1C(=O)c1ccc2nc[nH]c2c1. The van der Waals surface area contributed by atoms with Crippen LogP contribution < -0.4 is 0 Å². The van der Waals surface area contributed by atoms with Crippen molar-refractivity contribution in [3.8, 4) is 5.75 Å². The number of H-pyrrole nitrogens is 1. The summed E-state index contributed by atoms with van der Waals surface area (Å²) in [6, 6.07) is 11.3. The second kappa shape index (κ2) is 6.24. The summed E-state index contributed by atoms with van der Waals surface area (Å²) in [7, 11) is 0. The van der Waals surface area contributed by atoms with Crippen LogP contribution in [-0.4, -0.2) is 38.5 Å². The predicted molar refractivity (Wildman–Crippen MR) is 96.7 cm³/mol. The highest BCUT2D eigenvalue weighted by Gasteiger charge is 2.27. The molecule has 1 aliphatic heterocycles. The molecule has 1 aromatic heterocycles. The number of hydrogen-bond donors (Lipinski definition) is 2. The molecule has 0 radical (unpaired) electrons. The topological polar surface area (TPSA) is 69.2 Å². The molecule has 1 amide bonds. The number of phenolic OH excluding ortho intramolecular Hbond substituents is 1. The van der Waals surface area contributed by atoms with E-state index < -0.39 is 0 Å². The van der Waals surface area contributed by atoms with E-state index in [2.05, 4.69) is 16.9 Å². The molecule has 0 bridgehead atoms. The highest BCUT2D eigenvalue weighted by Crippen LogP contribution is 2.26. The first-order chi connectivity index (χ1) is 12.2. The van der Waals surface area contributed by atoms with Gasteiger partial charge in [0.2, 0.25) is 0 Å². The molecule has 0 saturated heterocycles. The molecule has 2 aromatic carbocycles. The number of imidazole rings is 1. The van der Waals surface area contributed by atoms with Gasteiger partial charge in [-0.25, -0.2) is 4.98 Å². The summed E-state index contributed by atoms with van der Waals surface area (Å²) in [5.41, 5.74) is 4.79. The van der Waals surface area contributed by atoms with Gasteiger partial charge in [-0.1, -0.05) is 13.0 Å². The number of amides is 1. The van der Waals surface area contributed by atoms with E-state index in [0.29, 0.717) is 12.1 Å². The van der Waals surface area contributed by atoms with Crippen LogP contribution in [-0.2, 0) is 12.8 Å². The number of nitrogens with one attached hydrogen (secondary N) is 1. The Morgan fingerprint density at radius 1 is 1.28 bits per heavy atom. The summed E-state index contributed by atoms with van der Waals surface area (Å²) in [6.07, 6.45) is 4.13. The van der Waals surface area contributed by atoms with Gasteiger partial charge < -0.3 is 15.0 Å². The maximum Gasteiger partial charge on any atom is 0.254 e. The van der Waals surface area contributed by atoms with Crippen LogP contribution in [0.15, 0.2) is 42.7 Å². The van der Waals surface area contributed by atoms with Crippen LogP contribution in [0.4, 0.5) is 0 Å². The second-order valence-electron chi connectivity index (χ2n) is 6.60. The smallest absolute Gasteiger partial charge is 0.254 e. The van der Waals surface area contributed by atoms with Crippen LogP contribution in [0.3, 0.4) is 0 Å². The number of aromatic amines is 1. The van der Waals surface area contributed by atoms with Gasteiger partial charge in [0.15, 0.2) is 0 Å². The molecule has 128 valence electrons. The molecule has 25 heavy (non-hydrogen) atoms. The van der Waals surface area contributed by atoms with Gasteiger partial charge in [0.1, 0.15) is 5.75 Å². The number of rotatable bonds is 2. The number of carbonyl (C=O) groups is 1. The first kappa shape index (κ1) is 15.7. The quantitative estimate of drug-likeness (QED) is 0.755. The minimum atomic E-state index is 0.0559. The van der Waals surface area contributed by atoms with Crippen LogP contribution in [0.25, 0.3) is 11.0 Å². The van der Waals surface area contributed by atoms with Gasteiger partial charge in [-0.05, 0) is 60.7 Å². The number of fused-ring (bicyclic) bond motifs is 2. The maximum absolute atomic E-state index is 13.1. The van der Waals surface area contributed by atoms with Gasteiger partial charge >= 0.3 is 0 Å². The van der Waals surface area contributed by atoms with Crippen LogP contribution in [0.5, 0.6) is 5.75 Å². The van der Waals surface area contributed by atoms with Crippen molar-refractivity contribution in [2.24, 2.45) is 0 Å². The molecule has 0 fully saturated rings. The van der Waals surface area contributed by atoms with Gasteiger partial charge in [-0.15, -0.1) is 0 Å². The van der Waals surface area contributed by atoms with Gasteiger partial charge in [0.05, 0.1) is 17.4 Å². The van der Waals surface area contributed by atoms with Crippen LogP contribution in [0, 0.1) is 0 Å². The van der Waals surface area contributed by atoms with Gasteiger partial charge in [0.25, 0.3) is 5.91 Å². The van der Waals surface area contributed by atoms with E-state index in [1.807, 2.05) is 35.2 Å². The summed E-state index contributed by atoms with van der Waals surface area (Å²) in [6.45, 7) is 2.78. The Bertz CT molecular complexity index is 932. The van der Waals surface area contributed by atoms with E-state index in [1.54, 1.807) is 12.4 Å². The van der Waals surface area contributed by atoms with E-state index in [0.717, 1.165) is 35.9 Å². The zero-order valence-electron chi connectivity index (χ0n) is 14.2. The minimum Gasteiger partial charge on any atom is -0.508 e. The van der Waals surface area contributed by atoms with Crippen molar-refractivity contribution < 1.29 is 9.90 Å². The first-order valence-electron chi connectivity index (χ1n) is 8.70. The number of aromatic nitrogens is 2. The summed E-state index contributed by atoms with van der Waals surface area (Å²) in [5, 5.41) is 9.75. The van der Waals surface area contributed by atoms with Crippen molar-refractivity contribution >= 4 is 16.9 Å². The molecule has 4 rings (SSSR count). The Morgan fingerprint density at radius 3 is 3.00 bits per heavy atom. The molecule has 2 heterocycles. The number of nitrogens with zero attached hydrogens (tertiary/aromatic N) is 2. The van der Waals surface area contributed by atoms with Gasteiger partial charge in [-0.2, -0.15) is 0 Å². The molecular formula is C20H21N3O2. The molecule has 5 heteroatoms. The normalized spacial score (nSPS) is 17.3. The fourth-order valence-electron chi connectivity index (χ4n) is 3.70. The molecule has 5 nitrogen and oxygen atoms in total. The average Bonchev–Trinajstić information content (AvgIpc) is 3.01. The Hall–Kier alpha value is -2.82. The average molecular weight is 335 g/mol. The third kappa shape index (κ3) is 2.86. The maximum atomic E-state index is 13.1. The molecule has 2 N–H and O–H groups in total. The van der Waals surface area contributed by atoms with Crippen molar-refractivity contribution in [3.63, 3.8) is 0 Å². The van der Waals surface area contributed by atoms with E-state index in [9.17, 15) is 9.90 Å². The predicted octanol–water partition coefficient (Wildman–Crippen LogP) is 3.29. The Labute approximate surface area is 146 Å². The van der Waals surface area contributed by atoms with Crippen molar-refractivity contribution in [1.29, 1.82) is 0 Å². The Balaban J connectivity index is 1.65. The highest BCUT2D eigenvalue weighted by atomic mass is 16.3. The third-order valence-electron chi connectivity index (χ3n) is 5.11. The monoisotopic (exact) mass is 335 g/mol. The molecule has 1 atom stereocenters. The molecule has 0 spiro atoms. The Morgan fingerprint density at radius 2 is 2.16 bits per heavy atom. The lowest BCUT2D eigenvalue weighted by Gasteiger charge is -2.29. The summed E-state index contributed by atoms with van der Waals surface area (Å²) in [5.74, 6) is 0.344. The van der Waals surface area contributed by atoms with Crippen molar-refractivity contribution in [2.75, 3.05) is 6.54 Å². The molecule has 1 aliphatic rings. The second-order valence-corrected chi connectivity index (χ2v) is 6.60. The minimum absolute atomic E-state index is 0.0559. The van der Waals surface area contributed by atoms with Crippen molar-refractivity contribution in [3.05, 3.63) is 59.4 Å². The molecule has 0 saturated carbocycles. The molecule has 1 unspecified atom stereocenters. The summed E-state index contributed by atoms with van der Waals surface area (Å²) >= 11 is 0. The molecular weight excluding hydrogens is 314 g/mol. The largest absolute Gasteiger partial charge is 0.508 e. The summed E-state index contributed by atoms with van der Waals surface area (Å²) in [4.78, 5) is 22.4. The van der Waals surface area contributed by atoms with Gasteiger partial charge in [-0.3, -0.25) is 4.79 Å². The van der Waals surface area contributed by atoms with Crippen molar-refractivity contribution in [2.45, 2.75) is 32.2 Å². The van der Waals surface area contributed by atoms with Crippen LogP contribution >= 0.6 is 0 Å².